The Morgan fingerprint density at radius 3 is 2.23 bits per heavy atom. The number of benzene rings is 2. The summed E-state index contributed by atoms with van der Waals surface area (Å²) >= 11 is 0. The van der Waals surface area contributed by atoms with Crippen LogP contribution in [0.5, 0.6) is 5.75 Å². The monoisotopic (exact) mass is 330 g/mol. The first-order chi connectivity index (χ1) is 10.3. The van der Waals surface area contributed by atoms with Gasteiger partial charge in [0.25, 0.3) is 0 Å². The summed E-state index contributed by atoms with van der Waals surface area (Å²) in [7, 11) is 0.695. The molecule has 0 spiro atoms. The third kappa shape index (κ3) is 3.66. The topological polar surface area (TPSA) is 26.3 Å². The van der Waals surface area contributed by atoms with Crippen molar-refractivity contribution in [3.05, 3.63) is 48.0 Å². The summed E-state index contributed by atoms with van der Waals surface area (Å²) in [4.78, 5) is 11.8. The fourth-order valence-electron chi connectivity index (χ4n) is 2.49. The van der Waals surface area contributed by atoms with Crippen molar-refractivity contribution < 1.29 is 9.53 Å². The first-order valence-electron chi connectivity index (χ1n) is 7.39. The molecule has 0 radical (unpaired) electrons. The molecule has 0 aliphatic heterocycles. The van der Waals surface area contributed by atoms with Crippen LogP contribution in [-0.4, -0.2) is 21.0 Å². The van der Waals surface area contributed by atoms with E-state index >= 15 is 0 Å². The molecule has 0 fully saturated rings. The molecule has 1 atom stereocenters. The summed E-state index contributed by atoms with van der Waals surface area (Å²) in [5.74, 6) is 1.11. The van der Waals surface area contributed by atoms with Crippen molar-refractivity contribution in [2.45, 2.75) is 26.6 Å². The standard InChI is InChI=1S/C18H23O2PSi/c1-13(19)14-9-6-7-10-15(14)21-16-11-8-12-17(18(16)20-2)22(3,4)5/h6-12,21H,1-5H3. The third-order valence-electron chi connectivity index (χ3n) is 3.60. The molecule has 0 bridgehead atoms. The summed E-state index contributed by atoms with van der Waals surface area (Å²) in [6, 6.07) is 14.2. The van der Waals surface area contributed by atoms with E-state index < -0.39 is 8.07 Å². The van der Waals surface area contributed by atoms with Gasteiger partial charge in [0.15, 0.2) is 5.78 Å². The van der Waals surface area contributed by atoms with E-state index in [1.165, 1.54) is 10.5 Å². The van der Waals surface area contributed by atoms with E-state index in [0.29, 0.717) is 8.58 Å². The minimum absolute atomic E-state index is 0.114. The number of carbonyl (C=O) groups is 1. The molecule has 0 saturated heterocycles. The van der Waals surface area contributed by atoms with Gasteiger partial charge in [-0.1, -0.05) is 70.7 Å². The van der Waals surface area contributed by atoms with Crippen molar-refractivity contribution in [2.75, 3.05) is 7.11 Å². The minimum atomic E-state index is -1.47. The number of Topliss-reactive ketones (excluding diaryl/α,β-unsaturated/α-hetero) is 1. The second-order valence-electron chi connectivity index (χ2n) is 6.36. The number of methoxy groups -OCH3 is 1. The highest BCUT2D eigenvalue weighted by Gasteiger charge is 2.23. The number of rotatable bonds is 5. The van der Waals surface area contributed by atoms with Crippen molar-refractivity contribution in [1.82, 2.24) is 0 Å². The Bertz CT molecular complexity index is 690. The molecule has 2 rings (SSSR count). The molecule has 0 aromatic heterocycles. The maximum atomic E-state index is 11.8. The summed E-state index contributed by atoms with van der Waals surface area (Å²) in [5.41, 5.74) is 0.807. The quantitative estimate of drug-likeness (QED) is 0.478. The van der Waals surface area contributed by atoms with Gasteiger partial charge in [0.2, 0.25) is 0 Å². The van der Waals surface area contributed by atoms with Crippen LogP contribution in [0.25, 0.3) is 0 Å². The number of hydrogen-bond donors (Lipinski definition) is 0. The van der Waals surface area contributed by atoms with E-state index in [-0.39, 0.29) is 5.78 Å². The average molecular weight is 330 g/mol. The molecule has 0 amide bonds. The zero-order valence-electron chi connectivity index (χ0n) is 13.9. The van der Waals surface area contributed by atoms with Crippen LogP contribution in [0.4, 0.5) is 0 Å². The molecule has 4 heteroatoms. The molecule has 0 saturated carbocycles. The predicted octanol–water partition coefficient (Wildman–Crippen LogP) is 3.07. The van der Waals surface area contributed by atoms with E-state index in [1.54, 1.807) is 14.0 Å². The van der Waals surface area contributed by atoms with Crippen LogP contribution in [0, 0.1) is 0 Å². The van der Waals surface area contributed by atoms with Crippen LogP contribution in [0.3, 0.4) is 0 Å². The lowest BCUT2D eigenvalue weighted by Gasteiger charge is -2.22. The maximum Gasteiger partial charge on any atom is 0.160 e. The molecule has 1 unspecified atom stereocenters. The van der Waals surface area contributed by atoms with Crippen molar-refractivity contribution >= 4 is 38.2 Å². The van der Waals surface area contributed by atoms with E-state index in [0.717, 1.165) is 16.6 Å². The molecule has 0 heterocycles. The number of ketones is 1. The van der Waals surface area contributed by atoms with Crippen LogP contribution < -0.4 is 20.5 Å². The summed E-state index contributed by atoms with van der Waals surface area (Å²) in [5, 5.41) is 3.59. The lowest BCUT2D eigenvalue weighted by molar-refractivity contribution is 0.101. The van der Waals surface area contributed by atoms with Gasteiger partial charge in [0.05, 0.1) is 15.2 Å². The SMILES string of the molecule is COc1c(Pc2ccccc2C(C)=O)cccc1[Si](C)(C)C. The van der Waals surface area contributed by atoms with Crippen LogP contribution in [-0.2, 0) is 0 Å². The molecule has 2 aromatic rings. The number of carbonyl (C=O) groups excluding carboxylic acids is 1. The lowest BCUT2D eigenvalue weighted by atomic mass is 10.1. The molecule has 2 aromatic carbocycles. The first-order valence-corrected chi connectivity index (χ1v) is 11.9. The molecule has 116 valence electrons. The van der Waals surface area contributed by atoms with Crippen molar-refractivity contribution in [3.63, 3.8) is 0 Å². The zero-order valence-corrected chi connectivity index (χ0v) is 15.9. The van der Waals surface area contributed by atoms with E-state index in [1.807, 2.05) is 24.3 Å². The fraction of sp³-hybridized carbons (Fsp3) is 0.278. The second-order valence-corrected chi connectivity index (χ2v) is 12.7. The molecular weight excluding hydrogens is 307 g/mol. The van der Waals surface area contributed by atoms with Gasteiger partial charge >= 0.3 is 0 Å². The molecule has 0 aliphatic rings. The van der Waals surface area contributed by atoms with Gasteiger partial charge in [0.1, 0.15) is 5.75 Å². The van der Waals surface area contributed by atoms with Gasteiger partial charge in [-0.05, 0) is 17.4 Å². The van der Waals surface area contributed by atoms with Gasteiger partial charge in [-0.2, -0.15) is 0 Å². The maximum absolute atomic E-state index is 11.8. The predicted molar refractivity (Wildman–Crippen MR) is 100 cm³/mol. The Morgan fingerprint density at radius 2 is 1.64 bits per heavy atom. The highest BCUT2D eigenvalue weighted by atomic mass is 31.1. The Labute approximate surface area is 135 Å². The highest BCUT2D eigenvalue weighted by molar-refractivity contribution is 7.56. The van der Waals surface area contributed by atoms with Gasteiger partial charge in [-0.15, -0.1) is 0 Å². The van der Waals surface area contributed by atoms with Gasteiger partial charge < -0.3 is 4.74 Å². The largest absolute Gasteiger partial charge is 0.496 e. The van der Waals surface area contributed by atoms with Gasteiger partial charge in [0, 0.05) is 10.9 Å². The number of ether oxygens (including phenoxy) is 1. The molecule has 2 nitrogen and oxygen atoms in total. The van der Waals surface area contributed by atoms with Crippen molar-refractivity contribution in [3.8, 4) is 5.75 Å². The zero-order chi connectivity index (χ0) is 16.3. The third-order valence-corrected chi connectivity index (χ3v) is 6.98. The van der Waals surface area contributed by atoms with Crippen LogP contribution in [0.15, 0.2) is 42.5 Å². The molecular formula is C18H23O2PSi. The first kappa shape index (κ1) is 16.9. The van der Waals surface area contributed by atoms with Gasteiger partial charge in [-0.25, -0.2) is 0 Å². The Morgan fingerprint density at radius 1 is 1.00 bits per heavy atom. The van der Waals surface area contributed by atoms with Crippen molar-refractivity contribution in [2.24, 2.45) is 0 Å². The second kappa shape index (κ2) is 6.76. The van der Waals surface area contributed by atoms with Gasteiger partial charge in [-0.3, -0.25) is 4.79 Å². The summed E-state index contributed by atoms with van der Waals surface area (Å²) in [6.07, 6.45) is 0. The van der Waals surface area contributed by atoms with Crippen molar-refractivity contribution in [1.29, 1.82) is 0 Å². The fourth-order valence-corrected chi connectivity index (χ4v) is 5.52. The average Bonchev–Trinajstić information content (AvgIpc) is 2.46. The Kier molecular flexibility index (Phi) is 5.20. The van der Waals surface area contributed by atoms with Crippen LogP contribution in [0.2, 0.25) is 19.6 Å². The molecule has 0 aliphatic carbocycles. The Balaban J connectivity index is 2.49. The van der Waals surface area contributed by atoms with Crippen LogP contribution in [0.1, 0.15) is 17.3 Å². The minimum Gasteiger partial charge on any atom is -0.496 e. The normalized spacial score (nSPS) is 11.9. The summed E-state index contributed by atoms with van der Waals surface area (Å²) < 4.78 is 5.73. The number of para-hydroxylation sites is 1. The molecule has 0 N–H and O–H groups in total. The van der Waals surface area contributed by atoms with E-state index in [2.05, 4.69) is 37.8 Å². The lowest BCUT2D eigenvalue weighted by Crippen LogP contribution is -2.40. The summed E-state index contributed by atoms with van der Waals surface area (Å²) in [6.45, 7) is 8.59. The molecule has 22 heavy (non-hydrogen) atoms. The van der Waals surface area contributed by atoms with Crippen LogP contribution >= 0.6 is 8.58 Å². The van der Waals surface area contributed by atoms with E-state index in [9.17, 15) is 4.79 Å². The smallest absolute Gasteiger partial charge is 0.160 e. The van der Waals surface area contributed by atoms with E-state index in [4.69, 9.17) is 4.74 Å². The Hall–Kier alpha value is -1.44. The number of hydrogen-bond acceptors (Lipinski definition) is 2. The highest BCUT2D eigenvalue weighted by Crippen LogP contribution is 2.22.